The van der Waals surface area contributed by atoms with Crippen molar-refractivity contribution >= 4 is 0 Å². The number of hydrogen-bond donors (Lipinski definition) is 0. The zero-order valence-corrected chi connectivity index (χ0v) is 19.1. The van der Waals surface area contributed by atoms with Crippen molar-refractivity contribution in [2.75, 3.05) is 13.1 Å². The minimum atomic E-state index is 0.647. The highest BCUT2D eigenvalue weighted by atomic mass is 15.4. The lowest BCUT2D eigenvalue weighted by Gasteiger charge is -2.33. The van der Waals surface area contributed by atoms with E-state index in [4.69, 9.17) is 0 Å². The normalized spacial score (nSPS) is 16.6. The Morgan fingerprint density at radius 3 is 1.30 bits per heavy atom. The van der Waals surface area contributed by atoms with E-state index in [0.29, 0.717) is 6.17 Å². The molecule has 0 saturated heterocycles. The molecule has 0 radical (unpaired) electrons. The third-order valence-electron chi connectivity index (χ3n) is 6.07. The highest BCUT2D eigenvalue weighted by Gasteiger charge is 2.24. The van der Waals surface area contributed by atoms with Crippen molar-refractivity contribution in [3.05, 3.63) is 12.4 Å². The van der Waals surface area contributed by atoms with Crippen LogP contribution >= 0.6 is 0 Å². The Hall–Kier alpha value is -0.660. The molecule has 0 bridgehead atoms. The molecule has 2 nitrogen and oxygen atoms in total. The van der Waals surface area contributed by atoms with Gasteiger partial charge in [-0.2, -0.15) is 0 Å². The molecule has 1 aliphatic heterocycles. The van der Waals surface area contributed by atoms with E-state index in [1.54, 1.807) is 0 Å². The summed E-state index contributed by atoms with van der Waals surface area (Å²) in [6.45, 7) is 9.43. The zero-order chi connectivity index (χ0) is 19.6. The van der Waals surface area contributed by atoms with Gasteiger partial charge in [0, 0.05) is 25.5 Å². The zero-order valence-electron chi connectivity index (χ0n) is 19.1. The van der Waals surface area contributed by atoms with Crippen LogP contribution in [0.3, 0.4) is 0 Å². The van der Waals surface area contributed by atoms with Crippen LogP contribution in [0.15, 0.2) is 12.4 Å². The van der Waals surface area contributed by atoms with Gasteiger partial charge in [-0.3, -0.25) is 0 Å². The van der Waals surface area contributed by atoms with Crippen molar-refractivity contribution in [3.8, 4) is 0 Å². The van der Waals surface area contributed by atoms with Gasteiger partial charge in [0.2, 0.25) is 0 Å². The average Bonchev–Trinajstić information content (AvgIpc) is 3.06. The van der Waals surface area contributed by atoms with Crippen molar-refractivity contribution in [2.45, 2.75) is 136 Å². The molecule has 2 heteroatoms. The first kappa shape index (κ1) is 24.4. The van der Waals surface area contributed by atoms with Crippen LogP contribution in [0.25, 0.3) is 0 Å². The van der Waals surface area contributed by atoms with Gasteiger partial charge in [-0.1, -0.05) is 104 Å². The Labute approximate surface area is 171 Å². The van der Waals surface area contributed by atoms with E-state index in [1.807, 2.05) is 0 Å². The maximum absolute atomic E-state index is 2.66. The summed E-state index contributed by atoms with van der Waals surface area (Å²) < 4.78 is 0. The highest BCUT2D eigenvalue weighted by Crippen LogP contribution is 2.23. The molecular weight excluding hydrogens is 328 g/mol. The van der Waals surface area contributed by atoms with Gasteiger partial charge in [-0.05, 0) is 25.7 Å². The summed E-state index contributed by atoms with van der Waals surface area (Å²) in [5.74, 6) is 0. The van der Waals surface area contributed by atoms with E-state index in [9.17, 15) is 0 Å². The standard InChI is InChI=1S/C25H50N2/c1-4-7-10-13-16-19-22-27-24-23-26(21-18-15-12-9-6-3)25(27)20-17-14-11-8-5-2/h23-25H,4-22H2,1-3H3. The quantitative estimate of drug-likeness (QED) is 0.209. The Balaban J connectivity index is 2.32. The largest absolute Gasteiger partial charge is 0.356 e. The molecule has 0 fully saturated rings. The Bertz CT molecular complexity index is 339. The Kier molecular flexibility index (Phi) is 15.7. The molecular formula is C25H50N2. The molecule has 1 rings (SSSR count). The highest BCUT2D eigenvalue weighted by molar-refractivity contribution is 4.96. The molecule has 1 unspecified atom stereocenters. The molecule has 0 N–H and O–H groups in total. The lowest BCUT2D eigenvalue weighted by atomic mass is 10.1. The maximum atomic E-state index is 2.66. The Morgan fingerprint density at radius 2 is 0.852 bits per heavy atom. The molecule has 0 amide bonds. The number of nitrogens with zero attached hydrogens (tertiary/aromatic N) is 2. The van der Waals surface area contributed by atoms with Crippen LogP contribution in [-0.2, 0) is 0 Å². The van der Waals surface area contributed by atoms with Gasteiger partial charge in [0.05, 0.1) is 0 Å². The lowest BCUT2D eigenvalue weighted by Crippen LogP contribution is -2.39. The van der Waals surface area contributed by atoms with Crippen LogP contribution in [0.2, 0.25) is 0 Å². The molecule has 0 aliphatic carbocycles. The molecule has 1 heterocycles. The van der Waals surface area contributed by atoms with Crippen LogP contribution in [0.1, 0.15) is 130 Å². The van der Waals surface area contributed by atoms with Crippen LogP contribution < -0.4 is 0 Å². The van der Waals surface area contributed by atoms with E-state index >= 15 is 0 Å². The van der Waals surface area contributed by atoms with Gasteiger partial charge in [0.1, 0.15) is 6.17 Å². The van der Waals surface area contributed by atoms with E-state index in [1.165, 1.54) is 122 Å². The molecule has 0 saturated carbocycles. The molecule has 0 aromatic rings. The molecule has 0 aromatic carbocycles. The van der Waals surface area contributed by atoms with Crippen LogP contribution in [-0.4, -0.2) is 29.1 Å². The van der Waals surface area contributed by atoms with Crippen molar-refractivity contribution in [3.63, 3.8) is 0 Å². The second-order valence-electron chi connectivity index (χ2n) is 8.64. The van der Waals surface area contributed by atoms with Gasteiger partial charge in [0.25, 0.3) is 0 Å². The number of unbranched alkanes of at least 4 members (excludes halogenated alkanes) is 13. The van der Waals surface area contributed by atoms with Crippen molar-refractivity contribution in [1.82, 2.24) is 9.80 Å². The lowest BCUT2D eigenvalue weighted by molar-refractivity contribution is 0.135. The van der Waals surface area contributed by atoms with Gasteiger partial charge in [-0.15, -0.1) is 0 Å². The summed E-state index contributed by atoms with van der Waals surface area (Å²) in [5.41, 5.74) is 0. The van der Waals surface area contributed by atoms with Gasteiger partial charge < -0.3 is 9.80 Å². The molecule has 0 aromatic heterocycles. The molecule has 160 valence electrons. The van der Waals surface area contributed by atoms with Crippen LogP contribution in [0.5, 0.6) is 0 Å². The van der Waals surface area contributed by atoms with E-state index in [0.717, 1.165) is 0 Å². The van der Waals surface area contributed by atoms with Crippen LogP contribution in [0.4, 0.5) is 0 Å². The van der Waals surface area contributed by atoms with E-state index in [-0.39, 0.29) is 0 Å². The fraction of sp³-hybridized carbons (Fsp3) is 0.920. The second kappa shape index (κ2) is 17.4. The number of rotatable bonds is 19. The minimum absolute atomic E-state index is 0.647. The van der Waals surface area contributed by atoms with Gasteiger partial charge >= 0.3 is 0 Å². The Morgan fingerprint density at radius 1 is 0.481 bits per heavy atom. The summed E-state index contributed by atoms with van der Waals surface area (Å²) in [7, 11) is 0. The fourth-order valence-corrected chi connectivity index (χ4v) is 4.24. The summed E-state index contributed by atoms with van der Waals surface area (Å²) in [4.78, 5) is 5.31. The topological polar surface area (TPSA) is 6.48 Å². The summed E-state index contributed by atoms with van der Waals surface area (Å²) in [6, 6.07) is 0. The average molecular weight is 379 g/mol. The SMILES string of the molecule is CCCCCCCCN1C=CN(CCCCCCC)C1CCCCCCC. The summed E-state index contributed by atoms with van der Waals surface area (Å²) >= 11 is 0. The summed E-state index contributed by atoms with van der Waals surface area (Å²) in [5, 5.41) is 0. The number of hydrogen-bond acceptors (Lipinski definition) is 2. The van der Waals surface area contributed by atoms with Gasteiger partial charge in [-0.25, -0.2) is 0 Å². The first-order valence-corrected chi connectivity index (χ1v) is 12.5. The first-order valence-electron chi connectivity index (χ1n) is 12.5. The molecule has 0 spiro atoms. The maximum Gasteiger partial charge on any atom is 0.101 e. The predicted octanol–water partition coefficient (Wildman–Crippen LogP) is 8.09. The molecule has 1 atom stereocenters. The fourth-order valence-electron chi connectivity index (χ4n) is 4.24. The van der Waals surface area contributed by atoms with E-state index in [2.05, 4.69) is 43.0 Å². The second-order valence-corrected chi connectivity index (χ2v) is 8.64. The minimum Gasteiger partial charge on any atom is -0.356 e. The third kappa shape index (κ3) is 11.7. The van der Waals surface area contributed by atoms with E-state index < -0.39 is 0 Å². The third-order valence-corrected chi connectivity index (χ3v) is 6.07. The van der Waals surface area contributed by atoms with Crippen molar-refractivity contribution < 1.29 is 0 Å². The monoisotopic (exact) mass is 378 g/mol. The molecule has 27 heavy (non-hydrogen) atoms. The first-order chi connectivity index (χ1) is 13.3. The van der Waals surface area contributed by atoms with Crippen molar-refractivity contribution in [1.29, 1.82) is 0 Å². The van der Waals surface area contributed by atoms with Crippen molar-refractivity contribution in [2.24, 2.45) is 0 Å². The predicted molar refractivity (Wildman–Crippen MR) is 122 cm³/mol. The van der Waals surface area contributed by atoms with Gasteiger partial charge in [0.15, 0.2) is 0 Å². The van der Waals surface area contributed by atoms with Crippen LogP contribution in [0, 0.1) is 0 Å². The molecule has 1 aliphatic rings. The summed E-state index contributed by atoms with van der Waals surface area (Å²) in [6.07, 6.45) is 29.1. The smallest absolute Gasteiger partial charge is 0.101 e.